The Balaban J connectivity index is 1.18. The van der Waals surface area contributed by atoms with Gasteiger partial charge in [-0.3, -0.25) is 0 Å². The van der Waals surface area contributed by atoms with Gasteiger partial charge < -0.3 is 29.2 Å². The molecule has 0 saturated carbocycles. The molecule has 250 valence electrons. The molecule has 0 radical (unpaired) electrons. The van der Waals surface area contributed by atoms with Crippen molar-refractivity contribution in [2.45, 2.75) is 50.5 Å². The molecule has 2 saturated heterocycles. The van der Waals surface area contributed by atoms with Crippen molar-refractivity contribution < 1.29 is 18.3 Å². The number of anilines is 3. The topological polar surface area (TPSA) is 92.1 Å². The zero-order valence-electron chi connectivity index (χ0n) is 27.4. The SMILES string of the molecule is CN(C)C1CN(c2nc3c(c(N4CCN(C(=O)OCc5ccccc5)[C@@H](CC#N)C4)n2)CCC(N2CC(F)Cc4ccc(F)cc42)=C3)C1. The minimum absolute atomic E-state index is 0.160. The van der Waals surface area contributed by atoms with Crippen LogP contribution in [0.4, 0.5) is 31.0 Å². The summed E-state index contributed by atoms with van der Waals surface area (Å²) < 4.78 is 35.0. The van der Waals surface area contributed by atoms with Gasteiger partial charge in [0.25, 0.3) is 0 Å². The smallest absolute Gasteiger partial charge is 0.410 e. The molecule has 7 rings (SSSR count). The average Bonchev–Trinajstić information content (AvgIpc) is 3.06. The number of aromatic nitrogens is 2. The van der Waals surface area contributed by atoms with Crippen molar-refractivity contribution in [1.82, 2.24) is 19.8 Å². The molecule has 0 N–H and O–H groups in total. The molecule has 1 aliphatic carbocycles. The molecule has 1 aromatic heterocycles. The van der Waals surface area contributed by atoms with Crippen LogP contribution in [0.1, 0.15) is 35.2 Å². The number of rotatable bonds is 7. The number of amides is 1. The van der Waals surface area contributed by atoms with E-state index in [0.29, 0.717) is 50.2 Å². The number of benzene rings is 2. The quantitative estimate of drug-likeness (QED) is 0.357. The first-order valence-corrected chi connectivity index (χ1v) is 16.6. The van der Waals surface area contributed by atoms with Crippen molar-refractivity contribution in [1.29, 1.82) is 5.26 Å². The lowest BCUT2D eigenvalue weighted by molar-refractivity contribution is 0.0768. The highest BCUT2D eigenvalue weighted by Gasteiger charge is 2.37. The Morgan fingerprint density at radius 2 is 1.85 bits per heavy atom. The molecule has 0 spiro atoms. The molecule has 4 aliphatic rings. The molecule has 1 unspecified atom stereocenters. The maximum absolute atomic E-state index is 15.0. The number of hydrogen-bond acceptors (Lipinski definition) is 9. The third-order valence-electron chi connectivity index (χ3n) is 9.87. The summed E-state index contributed by atoms with van der Waals surface area (Å²) in [4.78, 5) is 33.4. The van der Waals surface area contributed by atoms with Crippen LogP contribution in [0.25, 0.3) is 6.08 Å². The highest BCUT2D eigenvalue weighted by molar-refractivity contribution is 5.72. The lowest BCUT2D eigenvalue weighted by Crippen LogP contribution is -2.58. The fraction of sp³-hybridized carbons (Fsp3) is 0.444. The molecule has 0 bridgehead atoms. The van der Waals surface area contributed by atoms with Crippen LogP contribution in [-0.2, 0) is 24.2 Å². The second kappa shape index (κ2) is 13.4. The molecule has 10 nitrogen and oxygen atoms in total. The number of piperazine rings is 1. The summed E-state index contributed by atoms with van der Waals surface area (Å²) >= 11 is 0. The molecule has 1 amide bonds. The van der Waals surface area contributed by atoms with Crippen molar-refractivity contribution in [3.8, 4) is 6.07 Å². The molecule has 2 aromatic carbocycles. The Morgan fingerprint density at radius 1 is 1.04 bits per heavy atom. The van der Waals surface area contributed by atoms with E-state index in [1.165, 1.54) is 12.1 Å². The van der Waals surface area contributed by atoms with E-state index in [9.17, 15) is 18.8 Å². The van der Waals surface area contributed by atoms with E-state index in [1.807, 2.05) is 41.3 Å². The number of halogens is 2. The highest BCUT2D eigenvalue weighted by Crippen LogP contribution is 2.39. The average molecular weight is 655 g/mol. The summed E-state index contributed by atoms with van der Waals surface area (Å²) in [6.45, 7) is 3.25. The van der Waals surface area contributed by atoms with Crippen molar-refractivity contribution in [3.05, 3.63) is 82.4 Å². The van der Waals surface area contributed by atoms with E-state index in [0.717, 1.165) is 47.0 Å². The zero-order valence-corrected chi connectivity index (χ0v) is 27.4. The molecule has 48 heavy (non-hydrogen) atoms. The minimum Gasteiger partial charge on any atom is -0.445 e. The molecular weight excluding hydrogens is 614 g/mol. The van der Waals surface area contributed by atoms with Crippen molar-refractivity contribution in [3.63, 3.8) is 0 Å². The fourth-order valence-corrected chi connectivity index (χ4v) is 7.08. The van der Waals surface area contributed by atoms with E-state index >= 15 is 0 Å². The molecular formula is C36H40F2N8O2. The highest BCUT2D eigenvalue weighted by atomic mass is 19.1. The third-order valence-corrected chi connectivity index (χ3v) is 9.87. The van der Waals surface area contributed by atoms with Crippen LogP contribution in [0.2, 0.25) is 0 Å². The van der Waals surface area contributed by atoms with Gasteiger partial charge in [-0.2, -0.15) is 10.2 Å². The van der Waals surface area contributed by atoms with E-state index in [4.69, 9.17) is 14.7 Å². The van der Waals surface area contributed by atoms with Crippen LogP contribution in [0.3, 0.4) is 0 Å². The number of allylic oxidation sites excluding steroid dienone is 1. The minimum atomic E-state index is -1.06. The van der Waals surface area contributed by atoms with Crippen LogP contribution in [-0.4, -0.2) is 97.5 Å². The monoisotopic (exact) mass is 654 g/mol. The van der Waals surface area contributed by atoms with Gasteiger partial charge in [-0.1, -0.05) is 36.4 Å². The molecule has 2 fully saturated rings. The predicted octanol–water partition coefficient (Wildman–Crippen LogP) is 4.79. The van der Waals surface area contributed by atoms with Gasteiger partial charge in [0.2, 0.25) is 5.95 Å². The van der Waals surface area contributed by atoms with Crippen LogP contribution in [0.15, 0.2) is 54.2 Å². The van der Waals surface area contributed by atoms with Crippen molar-refractivity contribution >= 4 is 29.6 Å². The summed E-state index contributed by atoms with van der Waals surface area (Å²) in [5.74, 6) is 1.07. The van der Waals surface area contributed by atoms with Crippen LogP contribution >= 0.6 is 0 Å². The zero-order chi connectivity index (χ0) is 33.4. The second-order valence-electron chi connectivity index (χ2n) is 13.2. The van der Waals surface area contributed by atoms with E-state index in [-0.39, 0.29) is 37.9 Å². The van der Waals surface area contributed by atoms with Gasteiger partial charge in [-0.05, 0) is 56.3 Å². The van der Waals surface area contributed by atoms with Crippen molar-refractivity contribution in [2.75, 3.05) is 68.1 Å². The summed E-state index contributed by atoms with van der Waals surface area (Å²) in [6, 6.07) is 16.4. The standard InChI is InChI=1S/C36H40F2N8O2/c1-42(2)30-21-44(22-30)35-40-32-18-28(46-19-27(38)16-25-8-9-26(37)17-33(25)46)10-11-31(32)34(41-35)43-14-15-45(29(20-43)12-13-39)36(47)48-23-24-6-4-3-5-7-24/h3-9,17-18,27,29-30H,10-12,14-16,19-23H2,1-2H3/t27?,29-/m0/s1. The number of carbonyl (C=O) groups is 1. The van der Waals surface area contributed by atoms with Crippen molar-refractivity contribution in [2.24, 2.45) is 0 Å². The van der Waals surface area contributed by atoms with Gasteiger partial charge in [0.15, 0.2) is 0 Å². The Labute approximate surface area is 279 Å². The van der Waals surface area contributed by atoms with E-state index in [2.05, 4.69) is 34.9 Å². The van der Waals surface area contributed by atoms with Gasteiger partial charge in [0.1, 0.15) is 24.4 Å². The molecule has 12 heteroatoms. The third kappa shape index (κ3) is 6.39. The number of nitrogens with zero attached hydrogens (tertiary/aromatic N) is 8. The molecule has 2 atom stereocenters. The Kier molecular flexibility index (Phi) is 8.88. The molecule has 3 aliphatic heterocycles. The Morgan fingerprint density at radius 3 is 2.62 bits per heavy atom. The van der Waals surface area contributed by atoms with Gasteiger partial charge in [-0.15, -0.1) is 0 Å². The van der Waals surface area contributed by atoms with E-state index < -0.39 is 12.3 Å². The number of alkyl halides is 1. The normalized spacial score (nSPS) is 20.9. The van der Waals surface area contributed by atoms with E-state index in [1.54, 1.807) is 11.0 Å². The number of hydrogen-bond donors (Lipinski definition) is 0. The number of fused-ring (bicyclic) bond motifs is 2. The lowest BCUT2D eigenvalue weighted by Gasteiger charge is -2.44. The Hall–Kier alpha value is -4.76. The number of carbonyl (C=O) groups excluding carboxylic acids is 1. The van der Waals surface area contributed by atoms with Gasteiger partial charge in [0, 0.05) is 62.1 Å². The van der Waals surface area contributed by atoms with Crippen LogP contribution in [0, 0.1) is 17.1 Å². The largest absolute Gasteiger partial charge is 0.445 e. The van der Waals surface area contributed by atoms with Crippen LogP contribution in [0.5, 0.6) is 0 Å². The first kappa shape index (κ1) is 31.8. The molecule has 4 heterocycles. The first-order valence-electron chi connectivity index (χ1n) is 16.6. The summed E-state index contributed by atoms with van der Waals surface area (Å²) in [5.41, 5.74) is 5.05. The van der Waals surface area contributed by atoms with Crippen LogP contribution < -0.4 is 14.7 Å². The summed E-state index contributed by atoms with van der Waals surface area (Å²) in [7, 11) is 4.13. The lowest BCUT2D eigenvalue weighted by atomic mass is 9.94. The second-order valence-corrected chi connectivity index (χ2v) is 13.2. The summed E-state index contributed by atoms with van der Waals surface area (Å²) in [6.07, 6.45) is 2.18. The van der Waals surface area contributed by atoms with Gasteiger partial charge in [0.05, 0.1) is 30.8 Å². The van der Waals surface area contributed by atoms with Gasteiger partial charge >= 0.3 is 6.09 Å². The molecule has 3 aromatic rings. The maximum Gasteiger partial charge on any atom is 0.410 e. The first-order chi connectivity index (χ1) is 23.3. The summed E-state index contributed by atoms with van der Waals surface area (Å²) in [5, 5.41) is 9.71. The fourth-order valence-electron chi connectivity index (χ4n) is 7.08. The van der Waals surface area contributed by atoms with Gasteiger partial charge in [-0.25, -0.2) is 18.6 Å². The predicted molar refractivity (Wildman–Crippen MR) is 180 cm³/mol. The number of ether oxygens (including phenoxy) is 1. The Bertz CT molecular complexity index is 1740. The number of likely N-dealkylation sites (N-methyl/N-ethyl adjacent to an activating group) is 1. The maximum atomic E-state index is 15.0. The number of nitriles is 1.